The molecule has 0 unspecified atom stereocenters. The van der Waals surface area contributed by atoms with E-state index in [1.54, 1.807) is 26.0 Å². The van der Waals surface area contributed by atoms with Crippen molar-refractivity contribution in [2.45, 2.75) is 62.2 Å². The highest BCUT2D eigenvalue weighted by atomic mass is 32.2. The largest absolute Gasteiger partial charge is 0.454 e. The number of hydrogen-bond acceptors (Lipinski definition) is 8. The minimum Gasteiger partial charge on any atom is -0.454 e. The molecule has 3 aliphatic heterocycles. The summed E-state index contributed by atoms with van der Waals surface area (Å²) in [7, 11) is -4.14. The Morgan fingerprint density at radius 1 is 1.04 bits per heavy atom. The van der Waals surface area contributed by atoms with E-state index in [4.69, 9.17) is 23.1 Å². The molecule has 0 spiro atoms. The Morgan fingerprint density at radius 3 is 2.40 bits per heavy atom. The summed E-state index contributed by atoms with van der Waals surface area (Å²) in [5, 5.41) is 0. The highest BCUT2D eigenvalue weighted by Crippen LogP contribution is 2.43. The first-order chi connectivity index (χ1) is 11.7. The fourth-order valence-corrected chi connectivity index (χ4v) is 4.25. The molecule has 25 heavy (non-hydrogen) atoms. The first kappa shape index (κ1) is 16.9. The average Bonchev–Trinajstić information content (AvgIpc) is 3.08. The molecule has 0 aromatic heterocycles. The van der Waals surface area contributed by atoms with Gasteiger partial charge in [0.15, 0.2) is 24.3 Å². The maximum atomic E-state index is 12.4. The predicted molar refractivity (Wildman–Crippen MR) is 81.8 cm³/mol. The first-order valence-corrected chi connectivity index (χ1v) is 9.29. The molecule has 1 aromatic rings. The number of carbonyl (C=O) groups excluding carboxylic acids is 1. The van der Waals surface area contributed by atoms with E-state index in [1.807, 2.05) is 6.92 Å². The summed E-state index contributed by atoms with van der Waals surface area (Å²) in [6, 6.07) is 6.13. The minimum absolute atomic E-state index is 0.0406. The molecule has 5 atom stereocenters. The lowest BCUT2D eigenvalue weighted by atomic mass is 10.1. The number of fused-ring (bicyclic) bond motifs is 3. The van der Waals surface area contributed by atoms with Crippen LogP contribution in [0.15, 0.2) is 29.2 Å². The molecule has 1 aromatic carbocycles. The van der Waals surface area contributed by atoms with Gasteiger partial charge in [0.2, 0.25) is 6.10 Å². The van der Waals surface area contributed by atoms with Crippen molar-refractivity contribution in [2.24, 2.45) is 0 Å². The van der Waals surface area contributed by atoms with E-state index in [1.165, 1.54) is 12.1 Å². The number of esters is 1. The number of benzene rings is 1. The molecular formula is C16H18O8S. The highest BCUT2D eigenvalue weighted by molar-refractivity contribution is 7.86. The smallest absolute Gasteiger partial charge is 0.340 e. The van der Waals surface area contributed by atoms with Gasteiger partial charge in [0.25, 0.3) is 10.1 Å². The summed E-state index contributed by atoms with van der Waals surface area (Å²) >= 11 is 0. The van der Waals surface area contributed by atoms with Crippen molar-refractivity contribution < 1.29 is 36.3 Å². The van der Waals surface area contributed by atoms with Crippen LogP contribution in [0.3, 0.4) is 0 Å². The molecule has 3 aliphatic rings. The predicted octanol–water partition coefficient (Wildman–Crippen LogP) is 0.871. The number of aryl methyl sites for hydroxylation is 1. The SMILES string of the molecule is Cc1ccc(S(=O)(=O)O[C@H]2C(=O)O[C@H]3[C@@H]4OC(C)(C)O[C@@H]4O[C@@H]32)cc1. The number of ether oxygens (including phenoxy) is 4. The zero-order chi connectivity index (χ0) is 18.0. The molecule has 0 N–H and O–H groups in total. The van der Waals surface area contributed by atoms with Crippen LogP contribution in [0.1, 0.15) is 19.4 Å². The third kappa shape index (κ3) is 2.85. The average molecular weight is 370 g/mol. The Morgan fingerprint density at radius 2 is 1.72 bits per heavy atom. The fourth-order valence-electron chi connectivity index (χ4n) is 3.21. The van der Waals surface area contributed by atoms with Gasteiger partial charge >= 0.3 is 5.97 Å². The summed E-state index contributed by atoms with van der Waals surface area (Å²) in [5.41, 5.74) is 0.906. The van der Waals surface area contributed by atoms with Gasteiger partial charge in [-0.2, -0.15) is 8.42 Å². The second-order valence-electron chi connectivity index (χ2n) is 6.75. The van der Waals surface area contributed by atoms with Gasteiger partial charge in [-0.1, -0.05) is 17.7 Å². The first-order valence-electron chi connectivity index (χ1n) is 7.88. The lowest BCUT2D eigenvalue weighted by Crippen LogP contribution is -2.37. The third-order valence-corrected chi connectivity index (χ3v) is 5.66. The molecule has 4 rings (SSSR count). The maximum Gasteiger partial charge on any atom is 0.340 e. The monoisotopic (exact) mass is 370 g/mol. The van der Waals surface area contributed by atoms with E-state index < -0.39 is 52.6 Å². The molecule has 0 radical (unpaired) electrons. The van der Waals surface area contributed by atoms with Crippen LogP contribution >= 0.6 is 0 Å². The molecule has 9 heteroatoms. The van der Waals surface area contributed by atoms with Gasteiger partial charge in [0, 0.05) is 0 Å². The van der Waals surface area contributed by atoms with Gasteiger partial charge in [-0.3, -0.25) is 0 Å². The Hall–Kier alpha value is -1.52. The van der Waals surface area contributed by atoms with Gasteiger partial charge in [0.05, 0.1) is 4.90 Å². The van der Waals surface area contributed by atoms with Crippen LogP contribution in [0.4, 0.5) is 0 Å². The Labute approximate surface area is 145 Å². The molecule has 136 valence electrons. The van der Waals surface area contributed by atoms with Gasteiger partial charge in [0.1, 0.15) is 6.10 Å². The lowest BCUT2D eigenvalue weighted by Gasteiger charge is -2.21. The minimum atomic E-state index is -4.14. The Balaban J connectivity index is 1.54. The van der Waals surface area contributed by atoms with Crippen LogP contribution < -0.4 is 0 Å². The third-order valence-electron chi connectivity index (χ3n) is 4.35. The normalized spacial score (nSPS) is 36.1. The van der Waals surface area contributed by atoms with Gasteiger partial charge in [-0.05, 0) is 32.9 Å². The van der Waals surface area contributed by atoms with Crippen LogP contribution in [-0.2, 0) is 38.0 Å². The van der Waals surface area contributed by atoms with Crippen molar-refractivity contribution >= 4 is 16.1 Å². The van der Waals surface area contributed by atoms with E-state index in [0.29, 0.717) is 0 Å². The van der Waals surface area contributed by atoms with Crippen LogP contribution in [0.5, 0.6) is 0 Å². The Bertz CT molecular complexity index is 800. The Kier molecular flexibility index (Phi) is 3.71. The number of carbonyl (C=O) groups is 1. The molecule has 0 amide bonds. The van der Waals surface area contributed by atoms with E-state index in [2.05, 4.69) is 0 Å². The van der Waals surface area contributed by atoms with E-state index in [-0.39, 0.29) is 4.90 Å². The number of hydrogen-bond donors (Lipinski definition) is 0. The topological polar surface area (TPSA) is 97.4 Å². The van der Waals surface area contributed by atoms with Crippen molar-refractivity contribution in [3.05, 3.63) is 29.8 Å². The highest BCUT2D eigenvalue weighted by Gasteiger charge is 2.64. The molecule has 3 fully saturated rings. The van der Waals surface area contributed by atoms with Crippen molar-refractivity contribution in [1.82, 2.24) is 0 Å². The molecule has 3 saturated heterocycles. The van der Waals surface area contributed by atoms with E-state index in [9.17, 15) is 13.2 Å². The maximum absolute atomic E-state index is 12.4. The summed E-state index contributed by atoms with van der Waals surface area (Å²) < 4.78 is 52.2. The summed E-state index contributed by atoms with van der Waals surface area (Å²) in [4.78, 5) is 12.1. The zero-order valence-electron chi connectivity index (χ0n) is 13.9. The van der Waals surface area contributed by atoms with Crippen molar-refractivity contribution in [3.8, 4) is 0 Å². The van der Waals surface area contributed by atoms with E-state index in [0.717, 1.165) is 5.56 Å². The molecular weight excluding hydrogens is 352 g/mol. The molecule has 0 bridgehead atoms. The quantitative estimate of drug-likeness (QED) is 0.571. The van der Waals surface area contributed by atoms with Gasteiger partial charge < -0.3 is 18.9 Å². The van der Waals surface area contributed by atoms with Crippen LogP contribution in [0.25, 0.3) is 0 Å². The number of rotatable bonds is 3. The zero-order valence-corrected chi connectivity index (χ0v) is 14.7. The lowest BCUT2D eigenvalue weighted by molar-refractivity contribution is -0.213. The van der Waals surface area contributed by atoms with Crippen LogP contribution in [0, 0.1) is 6.92 Å². The van der Waals surface area contributed by atoms with Crippen molar-refractivity contribution in [3.63, 3.8) is 0 Å². The fraction of sp³-hybridized carbons (Fsp3) is 0.562. The summed E-state index contributed by atoms with van der Waals surface area (Å²) in [5.74, 6) is -1.66. The summed E-state index contributed by atoms with van der Waals surface area (Å²) in [6.07, 6.45) is -4.40. The van der Waals surface area contributed by atoms with Crippen LogP contribution in [-0.4, -0.2) is 50.9 Å². The molecule has 8 nitrogen and oxygen atoms in total. The second kappa shape index (κ2) is 5.49. The standard InChI is InChI=1S/C16H18O8S/c1-8-4-6-9(7-5-8)25(18,19)24-12-10-11(20-14(12)17)13-15(21-10)23-16(2,3)22-13/h4-7,10-13,15H,1-3H3/t10-,11+,12+,13-,15-/m0/s1. The van der Waals surface area contributed by atoms with E-state index >= 15 is 0 Å². The second-order valence-corrected chi connectivity index (χ2v) is 8.33. The van der Waals surface area contributed by atoms with Crippen LogP contribution in [0.2, 0.25) is 0 Å². The summed E-state index contributed by atoms with van der Waals surface area (Å²) in [6.45, 7) is 5.27. The molecule has 0 aliphatic carbocycles. The molecule has 3 heterocycles. The van der Waals surface area contributed by atoms with Gasteiger partial charge in [-0.25, -0.2) is 8.98 Å². The van der Waals surface area contributed by atoms with Gasteiger partial charge in [-0.15, -0.1) is 0 Å². The van der Waals surface area contributed by atoms with Crippen molar-refractivity contribution in [1.29, 1.82) is 0 Å². The van der Waals surface area contributed by atoms with Crippen molar-refractivity contribution in [2.75, 3.05) is 0 Å². The molecule has 0 saturated carbocycles.